The molecule has 0 saturated heterocycles. The van der Waals surface area contributed by atoms with Crippen LogP contribution in [0.5, 0.6) is 0 Å². The van der Waals surface area contributed by atoms with Crippen molar-refractivity contribution < 1.29 is 19.6 Å². The molecule has 0 atom stereocenters. The number of hydrogen-bond acceptors (Lipinski definition) is 4. The largest absolute Gasteiger partial charge is 0.481 e. The van der Waals surface area contributed by atoms with Crippen LogP contribution in [-0.2, 0) is 4.79 Å². The molecule has 0 unspecified atom stereocenters. The van der Waals surface area contributed by atoms with Gasteiger partial charge < -0.3 is 10.4 Å². The number of aliphatic carboxylic acids is 1. The third kappa shape index (κ3) is 7.23. The number of nitrogens with zero attached hydrogens (tertiary/aromatic N) is 1. The molecule has 0 bridgehead atoms. The van der Waals surface area contributed by atoms with E-state index in [0.29, 0.717) is 17.4 Å². The Kier molecular flexibility index (Phi) is 8.25. The summed E-state index contributed by atoms with van der Waals surface area (Å²) in [5, 5.41) is 22.1. The molecule has 1 amide bonds. The molecule has 1 rings (SSSR count). The highest BCUT2D eigenvalue weighted by molar-refractivity contribution is 9.10. The number of hydrogen-bond donors (Lipinski definition) is 2. The van der Waals surface area contributed by atoms with Gasteiger partial charge in [0.15, 0.2) is 0 Å². The summed E-state index contributed by atoms with van der Waals surface area (Å²) in [7, 11) is 0. The van der Waals surface area contributed by atoms with Crippen molar-refractivity contribution in [1.29, 1.82) is 0 Å². The van der Waals surface area contributed by atoms with E-state index in [1.807, 2.05) is 0 Å². The monoisotopic (exact) mass is 386 g/mol. The molecule has 0 aliphatic rings. The van der Waals surface area contributed by atoms with Gasteiger partial charge in [-0.2, -0.15) is 0 Å². The van der Waals surface area contributed by atoms with Crippen LogP contribution in [0.4, 0.5) is 5.69 Å². The number of nitro groups is 1. The van der Waals surface area contributed by atoms with Crippen molar-refractivity contribution in [1.82, 2.24) is 5.32 Å². The topological polar surface area (TPSA) is 110 Å². The molecule has 8 heteroatoms. The van der Waals surface area contributed by atoms with E-state index in [9.17, 15) is 19.7 Å². The Morgan fingerprint density at radius 3 is 2.48 bits per heavy atom. The Labute approximate surface area is 142 Å². The maximum Gasteiger partial charge on any atom is 0.303 e. The summed E-state index contributed by atoms with van der Waals surface area (Å²) in [4.78, 5) is 32.7. The predicted octanol–water partition coefficient (Wildman–Crippen LogP) is 3.51. The molecular weight excluding hydrogens is 368 g/mol. The van der Waals surface area contributed by atoms with Crippen molar-refractivity contribution in [3.8, 4) is 0 Å². The minimum absolute atomic E-state index is 0.0414. The predicted molar refractivity (Wildman–Crippen MR) is 88.5 cm³/mol. The van der Waals surface area contributed by atoms with E-state index in [1.54, 1.807) is 6.07 Å². The quantitative estimate of drug-likeness (QED) is 0.363. The van der Waals surface area contributed by atoms with Crippen LogP contribution in [0.3, 0.4) is 0 Å². The van der Waals surface area contributed by atoms with E-state index < -0.39 is 16.8 Å². The standard InChI is InChI=1S/C15H19BrN2O5/c16-11-7-8-12(13(10-11)18(22)23)15(21)17-9-5-3-1-2-4-6-14(19)20/h7-8,10H,1-6,9H2,(H,17,21)(H,19,20). The van der Waals surface area contributed by atoms with E-state index >= 15 is 0 Å². The minimum atomic E-state index is -0.784. The second kappa shape index (κ2) is 9.94. The van der Waals surface area contributed by atoms with Crippen molar-refractivity contribution in [2.75, 3.05) is 6.54 Å². The molecule has 23 heavy (non-hydrogen) atoms. The molecule has 1 aromatic carbocycles. The smallest absolute Gasteiger partial charge is 0.303 e. The minimum Gasteiger partial charge on any atom is -0.481 e. The van der Waals surface area contributed by atoms with E-state index in [-0.39, 0.29) is 17.7 Å². The number of amides is 1. The number of unbranched alkanes of at least 4 members (excludes halogenated alkanes) is 4. The lowest BCUT2D eigenvalue weighted by Gasteiger charge is -2.06. The molecule has 0 aliphatic heterocycles. The number of carboxylic acids is 1. The van der Waals surface area contributed by atoms with Crippen LogP contribution in [0.1, 0.15) is 48.9 Å². The van der Waals surface area contributed by atoms with Gasteiger partial charge in [0.05, 0.1) is 4.92 Å². The van der Waals surface area contributed by atoms with Gasteiger partial charge in [-0.05, 0) is 25.0 Å². The third-order valence-electron chi connectivity index (χ3n) is 3.25. The molecule has 0 radical (unpaired) electrons. The normalized spacial score (nSPS) is 10.3. The van der Waals surface area contributed by atoms with Crippen LogP contribution < -0.4 is 5.32 Å². The van der Waals surface area contributed by atoms with Crippen LogP contribution in [0.15, 0.2) is 22.7 Å². The van der Waals surface area contributed by atoms with Crippen LogP contribution in [-0.4, -0.2) is 28.5 Å². The Hall–Kier alpha value is -1.96. The molecule has 1 aromatic rings. The molecule has 7 nitrogen and oxygen atoms in total. The first-order valence-electron chi connectivity index (χ1n) is 7.35. The average molecular weight is 387 g/mol. The zero-order valence-corrected chi connectivity index (χ0v) is 14.2. The summed E-state index contributed by atoms with van der Waals surface area (Å²) in [6.45, 7) is 0.435. The Morgan fingerprint density at radius 1 is 1.17 bits per heavy atom. The van der Waals surface area contributed by atoms with Crippen LogP contribution in [0.25, 0.3) is 0 Å². The summed E-state index contributed by atoms with van der Waals surface area (Å²) >= 11 is 3.14. The molecule has 0 spiro atoms. The first-order chi connectivity index (χ1) is 10.9. The van der Waals surface area contributed by atoms with Gasteiger partial charge in [0.1, 0.15) is 5.56 Å². The van der Waals surface area contributed by atoms with Crippen LogP contribution in [0, 0.1) is 10.1 Å². The average Bonchev–Trinajstić information content (AvgIpc) is 2.49. The van der Waals surface area contributed by atoms with Gasteiger partial charge in [-0.3, -0.25) is 19.7 Å². The molecule has 126 valence electrons. The van der Waals surface area contributed by atoms with Gasteiger partial charge in [-0.25, -0.2) is 0 Å². The lowest BCUT2D eigenvalue weighted by atomic mass is 10.1. The number of benzene rings is 1. The Morgan fingerprint density at radius 2 is 1.83 bits per heavy atom. The molecule has 0 saturated carbocycles. The van der Waals surface area contributed by atoms with E-state index in [1.165, 1.54) is 12.1 Å². The maximum absolute atomic E-state index is 12.0. The first-order valence-corrected chi connectivity index (χ1v) is 8.15. The van der Waals surface area contributed by atoms with Gasteiger partial charge in [0.2, 0.25) is 0 Å². The number of carbonyl (C=O) groups is 2. The summed E-state index contributed by atoms with van der Waals surface area (Å²) in [5.74, 6) is -1.25. The van der Waals surface area contributed by atoms with Gasteiger partial charge in [-0.1, -0.05) is 35.2 Å². The molecule has 0 aromatic heterocycles. The number of halogens is 1. The lowest BCUT2D eigenvalue weighted by Crippen LogP contribution is -2.25. The Balaban J connectivity index is 2.32. The van der Waals surface area contributed by atoms with Gasteiger partial charge >= 0.3 is 5.97 Å². The molecule has 2 N–H and O–H groups in total. The molecular formula is C15H19BrN2O5. The second-order valence-corrected chi connectivity index (χ2v) is 6.00. The van der Waals surface area contributed by atoms with Crippen LogP contribution >= 0.6 is 15.9 Å². The molecule has 0 aliphatic carbocycles. The highest BCUT2D eigenvalue weighted by Gasteiger charge is 2.19. The summed E-state index contributed by atoms with van der Waals surface area (Å²) in [6, 6.07) is 4.31. The maximum atomic E-state index is 12.0. The fourth-order valence-corrected chi connectivity index (χ4v) is 2.43. The number of rotatable bonds is 10. The Bertz CT molecular complexity index is 577. The summed E-state index contributed by atoms with van der Waals surface area (Å²) in [6.07, 6.45) is 4.22. The van der Waals surface area contributed by atoms with E-state index in [0.717, 1.165) is 25.7 Å². The SMILES string of the molecule is O=C(O)CCCCCCCNC(=O)c1ccc(Br)cc1[N+](=O)[O-]. The van der Waals surface area contributed by atoms with Crippen molar-refractivity contribution in [2.24, 2.45) is 0 Å². The summed E-state index contributed by atoms with van der Waals surface area (Å²) in [5.41, 5.74) is -0.190. The van der Waals surface area contributed by atoms with E-state index in [4.69, 9.17) is 5.11 Å². The van der Waals surface area contributed by atoms with Crippen molar-refractivity contribution in [2.45, 2.75) is 38.5 Å². The van der Waals surface area contributed by atoms with Crippen LogP contribution in [0.2, 0.25) is 0 Å². The molecule has 0 fully saturated rings. The summed E-state index contributed by atoms with van der Waals surface area (Å²) < 4.78 is 0.544. The van der Waals surface area contributed by atoms with Crippen molar-refractivity contribution >= 4 is 33.5 Å². The zero-order chi connectivity index (χ0) is 17.2. The van der Waals surface area contributed by atoms with Crippen molar-refractivity contribution in [3.05, 3.63) is 38.3 Å². The zero-order valence-electron chi connectivity index (χ0n) is 12.6. The van der Waals surface area contributed by atoms with Gasteiger partial charge in [0.25, 0.3) is 11.6 Å². The first kappa shape index (κ1) is 19.1. The molecule has 0 heterocycles. The van der Waals surface area contributed by atoms with E-state index in [2.05, 4.69) is 21.2 Å². The lowest BCUT2D eigenvalue weighted by molar-refractivity contribution is -0.385. The highest BCUT2D eigenvalue weighted by atomic mass is 79.9. The number of nitro benzene ring substituents is 1. The fourth-order valence-electron chi connectivity index (χ4n) is 2.08. The van der Waals surface area contributed by atoms with Gasteiger partial charge in [-0.15, -0.1) is 0 Å². The highest BCUT2D eigenvalue weighted by Crippen LogP contribution is 2.23. The third-order valence-corrected chi connectivity index (χ3v) is 3.75. The van der Waals surface area contributed by atoms with Gasteiger partial charge in [0, 0.05) is 23.5 Å². The van der Waals surface area contributed by atoms with Crippen molar-refractivity contribution in [3.63, 3.8) is 0 Å². The second-order valence-electron chi connectivity index (χ2n) is 5.09. The fraction of sp³-hybridized carbons (Fsp3) is 0.467. The number of carboxylic acid groups (broad SMARTS) is 1. The number of nitrogens with one attached hydrogen (secondary N) is 1. The number of carbonyl (C=O) groups excluding carboxylic acids is 1.